The second kappa shape index (κ2) is 13.2. The van der Waals surface area contributed by atoms with Gasteiger partial charge in [-0.15, -0.1) is 0 Å². The summed E-state index contributed by atoms with van der Waals surface area (Å²) in [5.41, 5.74) is 7.59. The number of carbonyl (C=O) groups excluding carboxylic acids is 3. The Kier molecular flexibility index (Phi) is 10.6. The van der Waals surface area contributed by atoms with E-state index < -0.39 is 54.0 Å². The van der Waals surface area contributed by atoms with Crippen LogP contribution >= 0.6 is 0 Å². The third-order valence-corrected chi connectivity index (χ3v) is 6.58. The van der Waals surface area contributed by atoms with Crippen LogP contribution in [0.1, 0.15) is 46.6 Å². The Morgan fingerprint density at radius 3 is 2.14 bits per heavy atom. The van der Waals surface area contributed by atoms with E-state index in [1.165, 1.54) is 6.92 Å². The van der Waals surface area contributed by atoms with E-state index in [1.54, 1.807) is 20.0 Å². The summed E-state index contributed by atoms with van der Waals surface area (Å²) in [5, 5.41) is 27.8. The molecule has 1 aromatic carbocycles. The van der Waals surface area contributed by atoms with Gasteiger partial charge in [0.25, 0.3) is 0 Å². The van der Waals surface area contributed by atoms with Gasteiger partial charge in [0.2, 0.25) is 17.7 Å². The second-order valence-corrected chi connectivity index (χ2v) is 9.83. The highest BCUT2D eigenvalue weighted by molar-refractivity contribution is 5.95. The molecular weight excluding hydrogens is 478 g/mol. The van der Waals surface area contributed by atoms with E-state index in [2.05, 4.69) is 20.9 Å². The quantitative estimate of drug-likeness (QED) is 0.203. The highest BCUT2D eigenvalue weighted by Gasteiger charge is 2.33. The molecule has 0 spiro atoms. The van der Waals surface area contributed by atoms with E-state index >= 15 is 0 Å². The SMILES string of the molecule is CCC(C)C(N)C(=O)NC(C(=O)NC(Cc1c[nH]c2ccccc12)C(=O)NC(C(=O)O)C(C)O)C(C)C. The molecule has 0 bridgehead atoms. The minimum absolute atomic E-state index is 0.0406. The van der Waals surface area contributed by atoms with Crippen molar-refractivity contribution in [2.24, 2.45) is 17.6 Å². The summed E-state index contributed by atoms with van der Waals surface area (Å²) in [6, 6.07) is 2.89. The summed E-state index contributed by atoms with van der Waals surface area (Å²) in [6.45, 7) is 8.51. The zero-order valence-corrected chi connectivity index (χ0v) is 21.9. The van der Waals surface area contributed by atoms with E-state index in [4.69, 9.17) is 5.73 Å². The lowest BCUT2D eigenvalue weighted by molar-refractivity contribution is -0.145. The first kappa shape index (κ1) is 29.8. The summed E-state index contributed by atoms with van der Waals surface area (Å²) >= 11 is 0. The van der Waals surface area contributed by atoms with Crippen molar-refractivity contribution in [3.8, 4) is 0 Å². The lowest BCUT2D eigenvalue weighted by Gasteiger charge is -2.28. The number of fused-ring (bicyclic) bond motifs is 1. The average Bonchev–Trinajstić information content (AvgIpc) is 3.26. The normalized spacial score (nSPS) is 16.3. The fourth-order valence-electron chi connectivity index (χ4n) is 3.93. The molecule has 6 unspecified atom stereocenters. The van der Waals surface area contributed by atoms with E-state index in [0.29, 0.717) is 6.42 Å². The number of carboxylic acid groups (broad SMARTS) is 1. The lowest BCUT2D eigenvalue weighted by Crippen LogP contribution is -2.60. The topological polar surface area (TPSA) is 187 Å². The van der Waals surface area contributed by atoms with Crippen LogP contribution in [0, 0.1) is 11.8 Å². The fourth-order valence-corrected chi connectivity index (χ4v) is 3.93. The van der Waals surface area contributed by atoms with E-state index in [9.17, 15) is 29.4 Å². The number of hydrogen-bond acceptors (Lipinski definition) is 6. The van der Waals surface area contributed by atoms with Crippen LogP contribution in [-0.2, 0) is 25.6 Å². The van der Waals surface area contributed by atoms with Gasteiger partial charge in [-0.3, -0.25) is 14.4 Å². The minimum atomic E-state index is -1.57. The number of aliphatic carboxylic acids is 1. The Morgan fingerprint density at radius 1 is 0.946 bits per heavy atom. The zero-order chi connectivity index (χ0) is 27.9. The Hall–Kier alpha value is -3.44. The molecule has 11 nitrogen and oxygen atoms in total. The molecule has 0 saturated carbocycles. The van der Waals surface area contributed by atoms with Gasteiger partial charge in [-0.25, -0.2) is 4.79 Å². The summed E-state index contributed by atoms with van der Waals surface area (Å²) in [4.78, 5) is 53.9. The van der Waals surface area contributed by atoms with Crippen LogP contribution in [-0.4, -0.2) is 69.2 Å². The molecule has 0 radical (unpaired) electrons. The molecule has 0 aliphatic rings. The number of hydrogen-bond donors (Lipinski definition) is 7. The maximum Gasteiger partial charge on any atom is 0.328 e. The van der Waals surface area contributed by atoms with Crippen molar-refractivity contribution in [1.82, 2.24) is 20.9 Å². The number of amides is 3. The standard InChI is InChI=1S/C26H39N5O6/c1-6-14(4)20(27)24(34)30-21(13(2)3)25(35)29-19(23(33)31-22(15(5)32)26(36)37)11-16-12-28-18-10-8-7-9-17(16)18/h7-10,12-15,19-22,28,32H,6,11,27H2,1-5H3,(H,29,35)(H,30,34)(H,31,33)(H,36,37). The average molecular weight is 518 g/mol. The third-order valence-electron chi connectivity index (χ3n) is 6.58. The lowest BCUT2D eigenvalue weighted by atomic mass is 9.97. The number of carboxylic acids is 1. The number of aliphatic hydroxyl groups excluding tert-OH is 1. The maximum atomic E-state index is 13.3. The number of benzene rings is 1. The van der Waals surface area contributed by atoms with Crippen LogP contribution in [0.5, 0.6) is 0 Å². The molecule has 2 rings (SSSR count). The Bertz CT molecular complexity index is 1100. The number of rotatable bonds is 13. The summed E-state index contributed by atoms with van der Waals surface area (Å²) < 4.78 is 0. The van der Waals surface area contributed by atoms with Crippen LogP contribution < -0.4 is 21.7 Å². The second-order valence-electron chi connectivity index (χ2n) is 9.83. The Morgan fingerprint density at radius 2 is 1.57 bits per heavy atom. The van der Waals surface area contributed by atoms with Crippen LogP contribution in [0.15, 0.2) is 30.5 Å². The fraction of sp³-hybridized carbons (Fsp3) is 0.538. The van der Waals surface area contributed by atoms with Gasteiger partial charge in [-0.05, 0) is 30.4 Å². The van der Waals surface area contributed by atoms with Crippen molar-refractivity contribution in [3.63, 3.8) is 0 Å². The van der Waals surface area contributed by atoms with Gasteiger partial charge in [0.05, 0.1) is 12.1 Å². The van der Waals surface area contributed by atoms with Crippen molar-refractivity contribution in [2.45, 2.75) is 77.7 Å². The smallest absolute Gasteiger partial charge is 0.328 e. The molecule has 2 aromatic rings. The number of nitrogens with two attached hydrogens (primary N) is 1. The summed E-state index contributed by atoms with van der Waals surface area (Å²) in [7, 11) is 0. The molecule has 11 heteroatoms. The number of para-hydroxylation sites is 1. The summed E-state index contributed by atoms with van der Waals surface area (Å²) in [6.07, 6.45) is 1.08. The predicted molar refractivity (Wildman–Crippen MR) is 139 cm³/mol. The van der Waals surface area contributed by atoms with Crippen LogP contribution in [0.2, 0.25) is 0 Å². The van der Waals surface area contributed by atoms with Gasteiger partial charge in [0.15, 0.2) is 6.04 Å². The number of aliphatic hydroxyl groups is 1. The zero-order valence-electron chi connectivity index (χ0n) is 21.9. The largest absolute Gasteiger partial charge is 0.480 e. The van der Waals surface area contributed by atoms with E-state index in [0.717, 1.165) is 16.5 Å². The first-order valence-electron chi connectivity index (χ1n) is 12.5. The van der Waals surface area contributed by atoms with Crippen molar-refractivity contribution in [1.29, 1.82) is 0 Å². The van der Waals surface area contributed by atoms with Crippen LogP contribution in [0.25, 0.3) is 10.9 Å². The van der Waals surface area contributed by atoms with E-state index in [1.807, 2.05) is 38.1 Å². The number of aromatic amines is 1. The number of nitrogens with one attached hydrogen (secondary N) is 4. The van der Waals surface area contributed by atoms with Crippen LogP contribution in [0.3, 0.4) is 0 Å². The van der Waals surface area contributed by atoms with Gasteiger partial charge < -0.3 is 36.9 Å². The molecule has 1 aromatic heterocycles. The highest BCUT2D eigenvalue weighted by Crippen LogP contribution is 2.19. The maximum absolute atomic E-state index is 13.3. The molecule has 3 amide bonds. The van der Waals surface area contributed by atoms with E-state index in [-0.39, 0.29) is 18.3 Å². The molecule has 6 atom stereocenters. The molecule has 1 heterocycles. The van der Waals surface area contributed by atoms with Gasteiger partial charge in [-0.1, -0.05) is 52.3 Å². The number of carbonyl (C=O) groups is 4. The predicted octanol–water partition coefficient (Wildman–Crippen LogP) is 0.660. The Labute approximate surface area is 216 Å². The van der Waals surface area contributed by atoms with Gasteiger partial charge in [-0.2, -0.15) is 0 Å². The monoisotopic (exact) mass is 517 g/mol. The Balaban J connectivity index is 2.32. The number of H-pyrrole nitrogens is 1. The molecule has 0 saturated heterocycles. The molecule has 204 valence electrons. The first-order chi connectivity index (χ1) is 17.4. The van der Waals surface area contributed by atoms with Crippen LogP contribution in [0.4, 0.5) is 0 Å². The van der Waals surface area contributed by atoms with Crippen molar-refractivity contribution >= 4 is 34.6 Å². The van der Waals surface area contributed by atoms with Crippen molar-refractivity contribution < 1.29 is 29.4 Å². The molecule has 0 aliphatic heterocycles. The highest BCUT2D eigenvalue weighted by atomic mass is 16.4. The molecule has 8 N–H and O–H groups in total. The third kappa shape index (κ3) is 7.77. The molecule has 37 heavy (non-hydrogen) atoms. The first-order valence-corrected chi connectivity index (χ1v) is 12.5. The van der Waals surface area contributed by atoms with Crippen molar-refractivity contribution in [2.75, 3.05) is 0 Å². The van der Waals surface area contributed by atoms with Gasteiger partial charge in [0, 0.05) is 23.5 Å². The summed E-state index contributed by atoms with van der Waals surface area (Å²) in [5.74, 6) is -3.69. The molecule has 0 aliphatic carbocycles. The number of aromatic nitrogens is 1. The molecule has 0 fully saturated rings. The minimum Gasteiger partial charge on any atom is -0.480 e. The molecular formula is C26H39N5O6. The van der Waals surface area contributed by atoms with Crippen molar-refractivity contribution in [3.05, 3.63) is 36.0 Å². The van der Waals surface area contributed by atoms with Gasteiger partial charge >= 0.3 is 5.97 Å². The van der Waals surface area contributed by atoms with Gasteiger partial charge in [0.1, 0.15) is 12.1 Å².